The second kappa shape index (κ2) is 6.83. The summed E-state index contributed by atoms with van der Waals surface area (Å²) in [6.45, 7) is 7.85. The molecule has 2 atom stereocenters. The summed E-state index contributed by atoms with van der Waals surface area (Å²) in [7, 11) is 0. The standard InChI is InChI=1S/C15H26O2/c1-4-7-8-10-13-11-9-12-15(13,6-3)17-14(16)5-2/h5,13H,2,4,6-12H2,1,3H3. The summed E-state index contributed by atoms with van der Waals surface area (Å²) in [5.74, 6) is 0.303. The zero-order valence-electron chi connectivity index (χ0n) is 11.3. The molecule has 0 aromatic carbocycles. The third-order valence-corrected chi connectivity index (χ3v) is 4.12. The Morgan fingerprint density at radius 2 is 2.24 bits per heavy atom. The average molecular weight is 238 g/mol. The number of carbonyl (C=O) groups is 1. The molecule has 0 amide bonds. The van der Waals surface area contributed by atoms with Crippen LogP contribution in [0, 0.1) is 5.92 Å². The third kappa shape index (κ3) is 3.58. The number of carbonyl (C=O) groups excluding carboxylic acids is 1. The fourth-order valence-corrected chi connectivity index (χ4v) is 3.08. The van der Waals surface area contributed by atoms with Crippen molar-refractivity contribution in [2.45, 2.75) is 70.8 Å². The Kier molecular flexibility index (Phi) is 5.73. The van der Waals surface area contributed by atoms with E-state index in [1.54, 1.807) is 0 Å². The zero-order valence-corrected chi connectivity index (χ0v) is 11.3. The number of hydrogen-bond donors (Lipinski definition) is 0. The van der Waals surface area contributed by atoms with Crippen LogP contribution < -0.4 is 0 Å². The van der Waals surface area contributed by atoms with Gasteiger partial charge in [0.25, 0.3) is 0 Å². The molecule has 2 nitrogen and oxygen atoms in total. The summed E-state index contributed by atoms with van der Waals surface area (Å²) in [5.41, 5.74) is -0.195. The van der Waals surface area contributed by atoms with Crippen molar-refractivity contribution in [1.29, 1.82) is 0 Å². The molecule has 1 saturated carbocycles. The maximum atomic E-state index is 11.5. The molecule has 0 aromatic rings. The number of rotatable bonds is 7. The van der Waals surface area contributed by atoms with Gasteiger partial charge in [-0.15, -0.1) is 0 Å². The molecule has 0 radical (unpaired) electrons. The van der Waals surface area contributed by atoms with E-state index in [1.165, 1.54) is 44.6 Å². The van der Waals surface area contributed by atoms with E-state index in [-0.39, 0.29) is 11.6 Å². The Bertz CT molecular complexity index is 260. The summed E-state index contributed by atoms with van der Waals surface area (Å²) in [4.78, 5) is 11.5. The topological polar surface area (TPSA) is 26.3 Å². The predicted molar refractivity (Wildman–Crippen MR) is 70.8 cm³/mol. The molecule has 0 aromatic heterocycles. The van der Waals surface area contributed by atoms with Gasteiger partial charge in [0.2, 0.25) is 0 Å². The van der Waals surface area contributed by atoms with Gasteiger partial charge in [-0.25, -0.2) is 4.79 Å². The van der Waals surface area contributed by atoms with E-state index in [2.05, 4.69) is 20.4 Å². The number of esters is 1. The molecule has 1 fully saturated rings. The smallest absolute Gasteiger partial charge is 0.330 e. The number of unbranched alkanes of at least 4 members (excludes halogenated alkanes) is 2. The highest BCUT2D eigenvalue weighted by molar-refractivity contribution is 5.81. The van der Waals surface area contributed by atoms with Crippen LogP contribution in [0.15, 0.2) is 12.7 Å². The monoisotopic (exact) mass is 238 g/mol. The molecule has 1 aliphatic rings. The van der Waals surface area contributed by atoms with Crippen LogP contribution in [-0.4, -0.2) is 11.6 Å². The normalized spacial score (nSPS) is 28.0. The van der Waals surface area contributed by atoms with Gasteiger partial charge in [0.1, 0.15) is 5.60 Å². The van der Waals surface area contributed by atoms with E-state index in [1.807, 2.05) is 0 Å². The molecule has 0 heterocycles. The lowest BCUT2D eigenvalue weighted by Crippen LogP contribution is -2.37. The van der Waals surface area contributed by atoms with Crippen LogP contribution in [0.3, 0.4) is 0 Å². The summed E-state index contributed by atoms with van der Waals surface area (Å²) < 4.78 is 5.68. The molecule has 2 heteroatoms. The zero-order chi connectivity index (χ0) is 12.7. The van der Waals surface area contributed by atoms with Gasteiger partial charge < -0.3 is 4.74 Å². The second-order valence-corrected chi connectivity index (χ2v) is 5.13. The SMILES string of the molecule is C=CC(=O)OC1(CC)CCCC1CCCCC. The molecule has 1 rings (SSSR count). The molecule has 0 N–H and O–H groups in total. The van der Waals surface area contributed by atoms with Gasteiger partial charge >= 0.3 is 5.97 Å². The summed E-state index contributed by atoms with van der Waals surface area (Å²) in [5, 5.41) is 0. The van der Waals surface area contributed by atoms with Crippen LogP contribution in [-0.2, 0) is 9.53 Å². The van der Waals surface area contributed by atoms with Gasteiger partial charge in [0.15, 0.2) is 0 Å². The Labute approximate surface area is 105 Å². The lowest BCUT2D eigenvalue weighted by atomic mass is 9.84. The van der Waals surface area contributed by atoms with Gasteiger partial charge in [-0.3, -0.25) is 0 Å². The molecule has 2 unspecified atom stereocenters. The van der Waals surface area contributed by atoms with Crippen LogP contribution in [0.1, 0.15) is 65.2 Å². The maximum Gasteiger partial charge on any atom is 0.330 e. The van der Waals surface area contributed by atoms with Gasteiger partial charge in [-0.2, -0.15) is 0 Å². The average Bonchev–Trinajstić information content (AvgIpc) is 2.73. The summed E-state index contributed by atoms with van der Waals surface area (Å²) >= 11 is 0. The Morgan fingerprint density at radius 1 is 1.47 bits per heavy atom. The number of ether oxygens (including phenoxy) is 1. The first kappa shape index (κ1) is 14.3. The quantitative estimate of drug-likeness (QED) is 0.376. The van der Waals surface area contributed by atoms with E-state index in [4.69, 9.17) is 4.74 Å². The van der Waals surface area contributed by atoms with Crippen LogP contribution in [0.25, 0.3) is 0 Å². The van der Waals surface area contributed by atoms with Crippen molar-refractivity contribution in [1.82, 2.24) is 0 Å². The van der Waals surface area contributed by atoms with Crippen molar-refractivity contribution in [2.75, 3.05) is 0 Å². The second-order valence-electron chi connectivity index (χ2n) is 5.13. The lowest BCUT2D eigenvalue weighted by Gasteiger charge is -2.34. The first-order chi connectivity index (χ1) is 8.18. The first-order valence-electron chi connectivity index (χ1n) is 7.04. The fraction of sp³-hybridized carbons (Fsp3) is 0.800. The van der Waals surface area contributed by atoms with Crippen molar-refractivity contribution in [3.8, 4) is 0 Å². The molecule has 0 aliphatic heterocycles. The van der Waals surface area contributed by atoms with E-state index < -0.39 is 0 Å². The minimum atomic E-state index is -0.255. The van der Waals surface area contributed by atoms with E-state index in [0.717, 1.165) is 12.8 Å². The van der Waals surface area contributed by atoms with Crippen molar-refractivity contribution < 1.29 is 9.53 Å². The van der Waals surface area contributed by atoms with E-state index in [9.17, 15) is 4.79 Å². The molecular weight excluding hydrogens is 212 g/mol. The largest absolute Gasteiger partial charge is 0.456 e. The summed E-state index contributed by atoms with van der Waals surface area (Å²) in [6, 6.07) is 0. The summed E-state index contributed by atoms with van der Waals surface area (Å²) in [6.07, 6.45) is 10.6. The van der Waals surface area contributed by atoms with Gasteiger partial charge in [-0.1, -0.05) is 39.7 Å². The Balaban J connectivity index is 2.60. The van der Waals surface area contributed by atoms with Crippen molar-refractivity contribution >= 4 is 5.97 Å². The minimum absolute atomic E-state index is 0.195. The number of hydrogen-bond acceptors (Lipinski definition) is 2. The third-order valence-electron chi connectivity index (χ3n) is 4.12. The molecule has 0 saturated heterocycles. The van der Waals surface area contributed by atoms with Crippen LogP contribution in [0.4, 0.5) is 0 Å². The van der Waals surface area contributed by atoms with Gasteiger partial charge in [0.05, 0.1) is 0 Å². The van der Waals surface area contributed by atoms with E-state index >= 15 is 0 Å². The fourth-order valence-electron chi connectivity index (χ4n) is 3.08. The van der Waals surface area contributed by atoms with Crippen LogP contribution in [0.5, 0.6) is 0 Å². The lowest BCUT2D eigenvalue weighted by molar-refractivity contribution is -0.158. The molecule has 0 bridgehead atoms. The highest BCUT2D eigenvalue weighted by Crippen LogP contribution is 2.44. The predicted octanol–water partition coefficient (Wildman–Crippen LogP) is 4.24. The molecule has 1 aliphatic carbocycles. The molecule has 17 heavy (non-hydrogen) atoms. The van der Waals surface area contributed by atoms with E-state index in [0.29, 0.717) is 5.92 Å². The Morgan fingerprint density at radius 3 is 2.82 bits per heavy atom. The highest BCUT2D eigenvalue weighted by Gasteiger charge is 2.43. The van der Waals surface area contributed by atoms with Crippen molar-refractivity contribution in [2.24, 2.45) is 5.92 Å². The maximum absolute atomic E-state index is 11.5. The van der Waals surface area contributed by atoms with Gasteiger partial charge in [0, 0.05) is 6.08 Å². The van der Waals surface area contributed by atoms with Crippen LogP contribution >= 0.6 is 0 Å². The molecule has 0 spiro atoms. The van der Waals surface area contributed by atoms with Crippen molar-refractivity contribution in [3.05, 3.63) is 12.7 Å². The van der Waals surface area contributed by atoms with Gasteiger partial charge in [-0.05, 0) is 38.0 Å². The minimum Gasteiger partial charge on any atom is -0.456 e. The van der Waals surface area contributed by atoms with Crippen LogP contribution in [0.2, 0.25) is 0 Å². The highest BCUT2D eigenvalue weighted by atomic mass is 16.6. The Hall–Kier alpha value is -0.790. The molecular formula is C15H26O2. The molecule has 98 valence electrons. The van der Waals surface area contributed by atoms with Crippen molar-refractivity contribution in [3.63, 3.8) is 0 Å². The first-order valence-corrected chi connectivity index (χ1v) is 7.04.